The van der Waals surface area contributed by atoms with Gasteiger partial charge in [-0.25, -0.2) is 8.42 Å². The van der Waals surface area contributed by atoms with Gasteiger partial charge in [0.1, 0.15) is 6.29 Å². The third-order valence-electron chi connectivity index (χ3n) is 4.36. The van der Waals surface area contributed by atoms with Gasteiger partial charge in [0.15, 0.2) is 9.84 Å². The molecular formula is C18H19NO3S. The van der Waals surface area contributed by atoms with E-state index in [0.29, 0.717) is 17.9 Å². The van der Waals surface area contributed by atoms with Crippen LogP contribution in [-0.2, 0) is 21.1 Å². The topological polar surface area (TPSA) is 54.5 Å². The van der Waals surface area contributed by atoms with Crippen molar-refractivity contribution in [2.75, 3.05) is 17.2 Å². The molecular weight excluding hydrogens is 310 g/mol. The predicted molar refractivity (Wildman–Crippen MR) is 90.5 cm³/mol. The van der Waals surface area contributed by atoms with Gasteiger partial charge < -0.3 is 9.69 Å². The highest BCUT2D eigenvalue weighted by atomic mass is 32.2. The Morgan fingerprint density at radius 1 is 1.13 bits per heavy atom. The number of carbonyl (C=O) groups excluding carboxylic acids is 1. The molecule has 0 amide bonds. The van der Waals surface area contributed by atoms with E-state index in [4.69, 9.17) is 0 Å². The standard InChI is InChI=1S/C18H19NO3S/c1-14(16-8-6-15(7-9-16)10-12-20)19-11-13-23(21,22)18-5-3-2-4-17(18)19/h2-9,12,14H,10-11,13H2,1H3. The molecule has 120 valence electrons. The van der Waals surface area contributed by atoms with Gasteiger partial charge in [-0.05, 0) is 30.2 Å². The average Bonchev–Trinajstić information content (AvgIpc) is 2.56. The van der Waals surface area contributed by atoms with E-state index < -0.39 is 9.84 Å². The van der Waals surface area contributed by atoms with Crippen molar-refractivity contribution in [3.8, 4) is 0 Å². The van der Waals surface area contributed by atoms with E-state index in [1.807, 2.05) is 36.4 Å². The van der Waals surface area contributed by atoms with Crippen LogP contribution >= 0.6 is 0 Å². The highest BCUT2D eigenvalue weighted by molar-refractivity contribution is 7.91. The first-order valence-electron chi connectivity index (χ1n) is 7.64. The van der Waals surface area contributed by atoms with E-state index in [-0.39, 0.29) is 11.8 Å². The summed E-state index contributed by atoms with van der Waals surface area (Å²) in [4.78, 5) is 13.1. The van der Waals surface area contributed by atoms with Crippen molar-refractivity contribution >= 4 is 21.8 Å². The average molecular weight is 329 g/mol. The summed E-state index contributed by atoms with van der Waals surface area (Å²) < 4.78 is 24.5. The largest absolute Gasteiger partial charge is 0.363 e. The van der Waals surface area contributed by atoms with Gasteiger partial charge in [0.25, 0.3) is 0 Å². The van der Waals surface area contributed by atoms with E-state index >= 15 is 0 Å². The van der Waals surface area contributed by atoms with Crippen molar-refractivity contribution in [1.29, 1.82) is 0 Å². The minimum atomic E-state index is -3.19. The van der Waals surface area contributed by atoms with Crippen LogP contribution in [0.5, 0.6) is 0 Å². The molecule has 1 heterocycles. The SMILES string of the molecule is CC(c1ccc(CC=O)cc1)N1CCS(=O)(=O)c2ccccc21. The Kier molecular flexibility index (Phi) is 4.22. The summed E-state index contributed by atoms with van der Waals surface area (Å²) in [6, 6.07) is 15.2. The highest BCUT2D eigenvalue weighted by Crippen LogP contribution is 2.35. The summed E-state index contributed by atoms with van der Waals surface area (Å²) in [5.41, 5.74) is 2.86. The van der Waals surface area contributed by atoms with Crippen molar-refractivity contribution < 1.29 is 13.2 Å². The summed E-state index contributed by atoms with van der Waals surface area (Å²) in [7, 11) is -3.19. The molecule has 23 heavy (non-hydrogen) atoms. The maximum absolute atomic E-state index is 12.2. The quantitative estimate of drug-likeness (QED) is 0.810. The second-order valence-electron chi connectivity index (χ2n) is 5.77. The van der Waals surface area contributed by atoms with E-state index in [9.17, 15) is 13.2 Å². The molecule has 0 bridgehead atoms. The van der Waals surface area contributed by atoms with Gasteiger partial charge in [0, 0.05) is 13.0 Å². The van der Waals surface area contributed by atoms with Crippen LogP contribution in [0.4, 0.5) is 5.69 Å². The first-order chi connectivity index (χ1) is 11.0. The number of carbonyl (C=O) groups is 1. The van der Waals surface area contributed by atoms with Gasteiger partial charge in [0.05, 0.1) is 22.4 Å². The smallest absolute Gasteiger partial charge is 0.182 e. The Hall–Kier alpha value is -2.14. The highest BCUT2D eigenvalue weighted by Gasteiger charge is 2.30. The lowest BCUT2D eigenvalue weighted by Gasteiger charge is -2.36. The van der Waals surface area contributed by atoms with Crippen LogP contribution in [0.3, 0.4) is 0 Å². The van der Waals surface area contributed by atoms with Crippen molar-refractivity contribution in [1.82, 2.24) is 0 Å². The number of rotatable bonds is 4. The van der Waals surface area contributed by atoms with Crippen molar-refractivity contribution in [3.05, 3.63) is 59.7 Å². The predicted octanol–water partition coefficient (Wildman–Crippen LogP) is 2.78. The number of benzene rings is 2. The van der Waals surface area contributed by atoms with E-state index in [1.165, 1.54) is 0 Å². The van der Waals surface area contributed by atoms with Gasteiger partial charge in [-0.1, -0.05) is 36.4 Å². The third kappa shape index (κ3) is 3.01. The van der Waals surface area contributed by atoms with Crippen LogP contribution < -0.4 is 4.90 Å². The fourth-order valence-electron chi connectivity index (χ4n) is 3.02. The van der Waals surface area contributed by atoms with Gasteiger partial charge in [-0.2, -0.15) is 0 Å². The first kappa shape index (κ1) is 15.7. The Morgan fingerprint density at radius 3 is 2.52 bits per heavy atom. The van der Waals surface area contributed by atoms with Gasteiger partial charge >= 0.3 is 0 Å². The first-order valence-corrected chi connectivity index (χ1v) is 9.29. The molecule has 1 aliphatic heterocycles. The van der Waals surface area contributed by atoms with Gasteiger partial charge in [0.2, 0.25) is 0 Å². The molecule has 0 radical (unpaired) electrons. The molecule has 5 heteroatoms. The lowest BCUT2D eigenvalue weighted by atomic mass is 10.0. The number of hydrogen-bond acceptors (Lipinski definition) is 4. The summed E-state index contributed by atoms with van der Waals surface area (Å²) in [5, 5.41) is 0. The molecule has 0 aliphatic carbocycles. The molecule has 4 nitrogen and oxygen atoms in total. The summed E-state index contributed by atoms with van der Waals surface area (Å²) in [6.07, 6.45) is 1.31. The maximum Gasteiger partial charge on any atom is 0.182 e. The van der Waals surface area contributed by atoms with E-state index in [0.717, 1.165) is 23.1 Å². The molecule has 2 aromatic rings. The monoisotopic (exact) mass is 329 g/mol. The van der Waals surface area contributed by atoms with Crippen LogP contribution in [0.15, 0.2) is 53.4 Å². The van der Waals surface area contributed by atoms with Crippen LogP contribution in [0.2, 0.25) is 0 Å². The number of fused-ring (bicyclic) bond motifs is 1. The minimum absolute atomic E-state index is 0.0666. The van der Waals surface area contributed by atoms with Gasteiger partial charge in [-0.3, -0.25) is 0 Å². The molecule has 0 spiro atoms. The third-order valence-corrected chi connectivity index (χ3v) is 6.09. The van der Waals surface area contributed by atoms with E-state index in [1.54, 1.807) is 12.1 Å². The molecule has 1 unspecified atom stereocenters. The molecule has 0 saturated carbocycles. The maximum atomic E-state index is 12.2. The van der Waals surface area contributed by atoms with Crippen LogP contribution in [0, 0.1) is 0 Å². The van der Waals surface area contributed by atoms with Crippen LogP contribution in [0.1, 0.15) is 24.1 Å². The minimum Gasteiger partial charge on any atom is -0.363 e. The summed E-state index contributed by atoms with van der Waals surface area (Å²) >= 11 is 0. The number of hydrogen-bond donors (Lipinski definition) is 0. The number of nitrogens with zero attached hydrogens (tertiary/aromatic N) is 1. The molecule has 0 saturated heterocycles. The zero-order chi connectivity index (χ0) is 16.4. The number of sulfone groups is 1. The molecule has 1 atom stereocenters. The Bertz CT molecular complexity index is 812. The second kappa shape index (κ2) is 6.16. The molecule has 1 aliphatic rings. The molecule has 3 rings (SSSR count). The second-order valence-corrected chi connectivity index (χ2v) is 7.85. The fourth-order valence-corrected chi connectivity index (χ4v) is 4.46. The Labute approximate surface area is 136 Å². The lowest BCUT2D eigenvalue weighted by molar-refractivity contribution is -0.107. The van der Waals surface area contributed by atoms with Crippen molar-refractivity contribution in [2.24, 2.45) is 0 Å². The number of anilines is 1. The van der Waals surface area contributed by atoms with Gasteiger partial charge in [-0.15, -0.1) is 0 Å². The number of aldehydes is 1. The van der Waals surface area contributed by atoms with E-state index in [2.05, 4.69) is 11.8 Å². The molecule has 0 N–H and O–H groups in total. The summed E-state index contributed by atoms with van der Waals surface area (Å²) in [5.74, 6) is 0.136. The number of para-hydroxylation sites is 1. The van der Waals surface area contributed by atoms with Crippen molar-refractivity contribution in [3.63, 3.8) is 0 Å². The normalized spacial score (nSPS) is 17.3. The molecule has 2 aromatic carbocycles. The summed E-state index contributed by atoms with van der Waals surface area (Å²) in [6.45, 7) is 2.56. The van der Waals surface area contributed by atoms with Crippen LogP contribution in [-0.4, -0.2) is 27.0 Å². The van der Waals surface area contributed by atoms with Crippen LogP contribution in [0.25, 0.3) is 0 Å². The lowest BCUT2D eigenvalue weighted by Crippen LogP contribution is -2.37. The molecule has 0 aromatic heterocycles. The zero-order valence-electron chi connectivity index (χ0n) is 13.0. The Balaban J connectivity index is 1.94. The fraction of sp³-hybridized carbons (Fsp3) is 0.278. The van der Waals surface area contributed by atoms with Crippen molar-refractivity contribution in [2.45, 2.75) is 24.3 Å². The molecule has 0 fully saturated rings. The zero-order valence-corrected chi connectivity index (χ0v) is 13.8. The Morgan fingerprint density at radius 2 is 1.83 bits per heavy atom.